The molecule has 260 valence electrons. The summed E-state index contributed by atoms with van der Waals surface area (Å²) in [6.45, 7) is 6.73. The fourth-order valence-corrected chi connectivity index (χ4v) is 8.21. The number of hydrogen-bond acceptors (Lipinski definition) is 5. The lowest BCUT2D eigenvalue weighted by atomic mass is 9.73. The van der Waals surface area contributed by atoms with Gasteiger partial charge in [0.05, 0.1) is 23.0 Å². The van der Waals surface area contributed by atoms with Gasteiger partial charge in [-0.05, 0) is 95.9 Å². The van der Waals surface area contributed by atoms with Crippen LogP contribution in [0.1, 0.15) is 58.8 Å². The van der Waals surface area contributed by atoms with E-state index in [9.17, 15) is 5.26 Å². The molecular formula is C49H39N5. The predicted molar refractivity (Wildman–Crippen MR) is 222 cm³/mol. The van der Waals surface area contributed by atoms with E-state index in [1.54, 1.807) is 0 Å². The number of hydrogen-bond donors (Lipinski definition) is 1. The van der Waals surface area contributed by atoms with Crippen LogP contribution in [-0.4, -0.2) is 5.84 Å². The van der Waals surface area contributed by atoms with Gasteiger partial charge in [0.15, 0.2) is 0 Å². The molecule has 2 aliphatic heterocycles. The number of nitrogens with one attached hydrogen (secondary N) is 1. The molecule has 9 rings (SSSR count). The highest BCUT2D eigenvalue weighted by atomic mass is 15.2. The minimum Gasteiger partial charge on any atom is -0.340 e. The molecule has 0 aliphatic carbocycles. The van der Waals surface area contributed by atoms with Gasteiger partial charge in [0, 0.05) is 45.0 Å². The lowest BCUT2D eigenvalue weighted by molar-refractivity contribution is 0.632. The zero-order valence-corrected chi connectivity index (χ0v) is 30.5. The van der Waals surface area contributed by atoms with Crippen molar-refractivity contribution in [3.05, 3.63) is 209 Å². The van der Waals surface area contributed by atoms with Gasteiger partial charge >= 0.3 is 0 Å². The van der Waals surface area contributed by atoms with E-state index in [4.69, 9.17) is 4.99 Å². The first-order valence-electron chi connectivity index (χ1n) is 18.4. The highest BCUT2D eigenvalue weighted by Crippen LogP contribution is 2.52. The number of para-hydroxylation sites is 3. The summed E-state index contributed by atoms with van der Waals surface area (Å²) in [7, 11) is 0. The molecule has 0 aromatic heterocycles. The zero-order chi connectivity index (χ0) is 36.8. The summed E-state index contributed by atoms with van der Waals surface area (Å²) in [6.07, 6.45) is 0. The van der Waals surface area contributed by atoms with E-state index in [1.807, 2.05) is 42.5 Å². The lowest BCUT2D eigenvalue weighted by Crippen LogP contribution is -2.30. The molecule has 2 heterocycles. The van der Waals surface area contributed by atoms with Gasteiger partial charge in [0.2, 0.25) is 0 Å². The maximum absolute atomic E-state index is 10.7. The fourth-order valence-electron chi connectivity index (χ4n) is 8.21. The molecule has 0 bridgehead atoms. The number of anilines is 7. The van der Waals surface area contributed by atoms with Crippen LogP contribution in [0.3, 0.4) is 0 Å². The van der Waals surface area contributed by atoms with Crippen LogP contribution >= 0.6 is 0 Å². The van der Waals surface area contributed by atoms with E-state index in [2.05, 4.69) is 169 Å². The molecule has 5 heteroatoms. The van der Waals surface area contributed by atoms with Gasteiger partial charge in [0.1, 0.15) is 11.9 Å². The van der Waals surface area contributed by atoms with Gasteiger partial charge in [-0.3, -0.25) is 4.99 Å². The number of benzene rings is 7. The van der Waals surface area contributed by atoms with Gasteiger partial charge < -0.3 is 15.1 Å². The average molecular weight is 698 g/mol. The van der Waals surface area contributed by atoms with Crippen molar-refractivity contribution in [3.63, 3.8) is 0 Å². The Morgan fingerprint density at radius 2 is 1.24 bits per heavy atom. The Kier molecular flexibility index (Phi) is 8.09. The molecular weight excluding hydrogens is 659 g/mol. The first-order chi connectivity index (χ1) is 26.4. The zero-order valence-electron chi connectivity index (χ0n) is 30.5. The molecule has 0 amide bonds. The number of aryl methyl sites for hydroxylation is 1. The molecule has 2 aliphatic rings. The van der Waals surface area contributed by atoms with E-state index in [1.165, 1.54) is 22.5 Å². The third-order valence-electron chi connectivity index (χ3n) is 10.9. The van der Waals surface area contributed by atoms with Crippen LogP contribution < -0.4 is 15.1 Å². The van der Waals surface area contributed by atoms with Gasteiger partial charge in [-0.1, -0.05) is 117 Å². The molecule has 0 fully saturated rings. The number of aliphatic imine (C=N–C) groups is 1. The molecule has 1 atom stereocenters. The minimum absolute atomic E-state index is 0.123. The van der Waals surface area contributed by atoms with Crippen molar-refractivity contribution in [1.29, 1.82) is 5.26 Å². The molecule has 0 spiro atoms. The van der Waals surface area contributed by atoms with Crippen LogP contribution in [0.15, 0.2) is 175 Å². The Bertz CT molecular complexity index is 2530. The lowest BCUT2D eigenvalue weighted by Gasteiger charge is -2.42. The van der Waals surface area contributed by atoms with Crippen LogP contribution in [0.4, 0.5) is 39.8 Å². The summed E-state index contributed by atoms with van der Waals surface area (Å²) in [5.41, 5.74) is 14.5. The Morgan fingerprint density at radius 3 is 1.91 bits per heavy atom. The van der Waals surface area contributed by atoms with E-state index < -0.39 is 0 Å². The molecule has 7 aromatic carbocycles. The highest BCUT2D eigenvalue weighted by Gasteiger charge is 2.36. The number of fused-ring (bicyclic) bond motifs is 3. The standard InChI is InChI=1S/C49H39N5/c1-33-15-14-22-43-46(33)47(52-48(51-43)34-16-6-4-7-17-34)40-30-29-39(31-35(40)32-50)53(36-18-8-5-9-19-36)37-25-27-38(28-26-37)54-44-23-12-10-20-41(44)49(2,3)42-21-11-13-24-45(42)54/h4-31,47H,1-3H3,(H,51,52). The smallest absolute Gasteiger partial charge is 0.133 e. The van der Waals surface area contributed by atoms with Crippen molar-refractivity contribution < 1.29 is 0 Å². The third-order valence-corrected chi connectivity index (χ3v) is 10.9. The van der Waals surface area contributed by atoms with Crippen molar-refractivity contribution >= 4 is 45.6 Å². The SMILES string of the molecule is Cc1cccc2c1C(c1ccc(N(c3ccccc3)c3ccc(N4c5ccccc5C(C)(C)c5ccccc54)cc3)cc1C#N)N=C(c1ccccc1)N2. The van der Waals surface area contributed by atoms with Crippen molar-refractivity contribution in [2.45, 2.75) is 32.2 Å². The Hall–Kier alpha value is -6.90. The quantitative estimate of drug-likeness (QED) is 0.188. The Balaban J connectivity index is 1.14. The fraction of sp³-hybridized carbons (Fsp3) is 0.102. The van der Waals surface area contributed by atoms with Crippen LogP contribution in [-0.2, 0) is 5.41 Å². The maximum Gasteiger partial charge on any atom is 0.133 e. The van der Waals surface area contributed by atoms with E-state index >= 15 is 0 Å². The molecule has 5 nitrogen and oxygen atoms in total. The summed E-state index contributed by atoms with van der Waals surface area (Å²) in [5, 5.41) is 14.3. The average Bonchev–Trinajstić information content (AvgIpc) is 3.22. The van der Waals surface area contributed by atoms with Gasteiger partial charge in [0.25, 0.3) is 0 Å². The number of amidine groups is 1. The van der Waals surface area contributed by atoms with E-state index in [0.29, 0.717) is 5.56 Å². The molecule has 0 saturated carbocycles. The summed E-state index contributed by atoms with van der Waals surface area (Å²) < 4.78 is 0. The van der Waals surface area contributed by atoms with Crippen LogP contribution in [0.5, 0.6) is 0 Å². The number of nitrogens with zero attached hydrogens (tertiary/aromatic N) is 4. The molecule has 0 radical (unpaired) electrons. The van der Waals surface area contributed by atoms with Crippen molar-refractivity contribution in [3.8, 4) is 6.07 Å². The van der Waals surface area contributed by atoms with Crippen molar-refractivity contribution in [1.82, 2.24) is 0 Å². The Morgan fingerprint density at radius 1 is 0.648 bits per heavy atom. The topological polar surface area (TPSA) is 54.7 Å². The summed E-state index contributed by atoms with van der Waals surface area (Å²) >= 11 is 0. The second kappa shape index (κ2) is 13.3. The van der Waals surface area contributed by atoms with E-state index in [-0.39, 0.29) is 11.5 Å². The molecule has 1 unspecified atom stereocenters. The predicted octanol–water partition coefficient (Wildman–Crippen LogP) is 12.4. The maximum atomic E-state index is 10.7. The molecule has 7 aromatic rings. The van der Waals surface area contributed by atoms with Crippen molar-refractivity contribution in [2.24, 2.45) is 4.99 Å². The van der Waals surface area contributed by atoms with Crippen LogP contribution in [0.2, 0.25) is 0 Å². The molecule has 54 heavy (non-hydrogen) atoms. The third kappa shape index (κ3) is 5.52. The van der Waals surface area contributed by atoms with Crippen molar-refractivity contribution in [2.75, 3.05) is 15.1 Å². The number of rotatable bonds is 6. The molecule has 0 saturated heterocycles. The monoisotopic (exact) mass is 697 g/mol. The van der Waals surface area contributed by atoms with Crippen LogP contribution in [0.25, 0.3) is 0 Å². The number of nitriles is 1. The largest absolute Gasteiger partial charge is 0.340 e. The summed E-state index contributed by atoms with van der Waals surface area (Å²) in [6, 6.07) is 61.4. The van der Waals surface area contributed by atoms with E-state index in [0.717, 1.165) is 56.5 Å². The first-order valence-corrected chi connectivity index (χ1v) is 18.4. The Labute approximate surface area is 317 Å². The van der Waals surface area contributed by atoms with Crippen LogP contribution in [0, 0.1) is 18.3 Å². The second-order valence-electron chi connectivity index (χ2n) is 14.5. The van der Waals surface area contributed by atoms with Gasteiger partial charge in [-0.15, -0.1) is 0 Å². The normalized spacial score (nSPS) is 15.1. The first kappa shape index (κ1) is 33.0. The summed E-state index contributed by atoms with van der Waals surface area (Å²) in [5.74, 6) is 0.792. The summed E-state index contributed by atoms with van der Waals surface area (Å²) in [4.78, 5) is 9.85. The molecule has 1 N–H and O–H groups in total. The second-order valence-corrected chi connectivity index (χ2v) is 14.5. The van der Waals surface area contributed by atoms with Gasteiger partial charge in [-0.25, -0.2) is 0 Å². The highest BCUT2D eigenvalue weighted by molar-refractivity contribution is 6.10. The minimum atomic E-state index is -0.342. The van der Waals surface area contributed by atoms with Gasteiger partial charge in [-0.2, -0.15) is 5.26 Å².